The van der Waals surface area contributed by atoms with Gasteiger partial charge in [0, 0.05) is 10.7 Å². The Morgan fingerprint density at radius 1 is 0.900 bits per heavy atom. The summed E-state index contributed by atoms with van der Waals surface area (Å²) in [7, 11) is -4.23. The van der Waals surface area contributed by atoms with Gasteiger partial charge in [0.2, 0.25) is 9.84 Å². The number of benzene rings is 3. The van der Waals surface area contributed by atoms with Crippen molar-refractivity contribution >= 4 is 33.0 Å². The third-order valence-electron chi connectivity index (χ3n) is 4.79. The molecule has 152 valence electrons. The zero-order chi connectivity index (χ0) is 21.5. The zero-order valence-corrected chi connectivity index (χ0v) is 16.9. The lowest BCUT2D eigenvalue weighted by Gasteiger charge is -2.27. The van der Waals surface area contributed by atoms with Gasteiger partial charge in [0.05, 0.1) is 4.90 Å². The molecule has 1 aliphatic heterocycles. The van der Waals surface area contributed by atoms with E-state index in [9.17, 15) is 22.7 Å². The predicted molar refractivity (Wildman–Crippen MR) is 111 cm³/mol. The van der Waals surface area contributed by atoms with Gasteiger partial charge < -0.3 is 5.11 Å². The summed E-state index contributed by atoms with van der Waals surface area (Å²) in [6.45, 7) is 0. The Hall–Kier alpha value is -3.16. The summed E-state index contributed by atoms with van der Waals surface area (Å²) in [4.78, 5) is 13.6. The summed E-state index contributed by atoms with van der Waals surface area (Å²) in [5, 5.41) is 11.1. The fraction of sp³-hybridized carbons (Fsp3) is 0.0455. The molecule has 0 spiro atoms. The van der Waals surface area contributed by atoms with Gasteiger partial charge in [-0.15, -0.1) is 0 Å². The van der Waals surface area contributed by atoms with E-state index >= 15 is 0 Å². The van der Waals surface area contributed by atoms with Gasteiger partial charge in [-0.25, -0.2) is 12.8 Å². The topological polar surface area (TPSA) is 74.7 Å². The summed E-state index contributed by atoms with van der Waals surface area (Å²) in [6, 6.07) is 17.6. The molecule has 0 saturated carbocycles. The monoisotopic (exact) mass is 443 g/mol. The average molecular weight is 444 g/mol. The highest BCUT2D eigenvalue weighted by Gasteiger charge is 2.47. The van der Waals surface area contributed by atoms with Crippen molar-refractivity contribution in [1.29, 1.82) is 0 Å². The molecule has 4 rings (SSSR count). The molecule has 1 heterocycles. The van der Waals surface area contributed by atoms with Gasteiger partial charge >= 0.3 is 0 Å². The second kappa shape index (κ2) is 7.59. The van der Waals surface area contributed by atoms with Crippen molar-refractivity contribution in [3.05, 3.63) is 106 Å². The van der Waals surface area contributed by atoms with Crippen LogP contribution in [0.15, 0.2) is 94.4 Å². The second-order valence-corrected chi connectivity index (χ2v) is 8.99. The molecule has 0 radical (unpaired) electrons. The van der Waals surface area contributed by atoms with Crippen LogP contribution in [0.4, 0.5) is 10.1 Å². The molecular formula is C22H15ClFNO4S. The number of aliphatic hydroxyl groups excluding tert-OH is 1. The van der Waals surface area contributed by atoms with Crippen LogP contribution in [0.25, 0.3) is 0 Å². The number of carbonyl (C=O) groups excluding carboxylic acids is 1. The quantitative estimate of drug-likeness (QED) is 0.627. The lowest BCUT2D eigenvalue weighted by molar-refractivity contribution is -0.117. The Bertz CT molecular complexity index is 1240. The lowest BCUT2D eigenvalue weighted by Crippen LogP contribution is -2.31. The SMILES string of the molecule is O=C1C(O)=C(S(=O)(=O)c2ccccc2)[C@H](c2ccc(F)cc2)N1c1ccc(Cl)cc1. The summed E-state index contributed by atoms with van der Waals surface area (Å²) in [6.07, 6.45) is 0. The van der Waals surface area contributed by atoms with Crippen molar-refractivity contribution in [2.45, 2.75) is 10.9 Å². The number of hydrogen-bond acceptors (Lipinski definition) is 4. The van der Waals surface area contributed by atoms with Gasteiger partial charge in [-0.1, -0.05) is 41.9 Å². The van der Waals surface area contributed by atoms with Crippen molar-refractivity contribution in [2.24, 2.45) is 0 Å². The molecule has 1 amide bonds. The number of sulfone groups is 1. The minimum absolute atomic E-state index is 0.0654. The minimum Gasteiger partial charge on any atom is -0.502 e. The number of amides is 1. The standard InChI is InChI=1S/C22H15ClFNO4S/c23-15-8-12-17(13-9-15)25-19(14-6-10-16(24)11-7-14)21(20(26)22(25)27)30(28,29)18-4-2-1-3-5-18/h1-13,19,26H/t19-/m0/s1. The maximum atomic E-state index is 13.5. The molecule has 1 aliphatic rings. The fourth-order valence-corrected chi connectivity index (χ4v) is 5.17. The van der Waals surface area contributed by atoms with Crippen molar-refractivity contribution in [2.75, 3.05) is 4.90 Å². The number of carbonyl (C=O) groups is 1. The summed E-state index contributed by atoms with van der Waals surface area (Å²) >= 11 is 5.93. The van der Waals surface area contributed by atoms with E-state index < -0.39 is 38.3 Å². The Balaban J connectivity index is 1.94. The molecule has 0 bridgehead atoms. The number of rotatable bonds is 4. The summed E-state index contributed by atoms with van der Waals surface area (Å²) in [5.41, 5.74) is 0.668. The van der Waals surface area contributed by atoms with Crippen molar-refractivity contribution in [3.8, 4) is 0 Å². The molecule has 0 unspecified atom stereocenters. The van der Waals surface area contributed by atoms with Gasteiger partial charge in [-0.3, -0.25) is 9.69 Å². The van der Waals surface area contributed by atoms with Gasteiger partial charge in [0.1, 0.15) is 16.8 Å². The number of nitrogens with zero attached hydrogens (tertiary/aromatic N) is 1. The van der Waals surface area contributed by atoms with E-state index in [2.05, 4.69) is 0 Å². The number of hydrogen-bond donors (Lipinski definition) is 1. The first-order valence-corrected chi connectivity index (χ1v) is 10.7. The van der Waals surface area contributed by atoms with E-state index in [1.165, 1.54) is 36.4 Å². The van der Waals surface area contributed by atoms with Gasteiger partial charge in [-0.05, 0) is 54.1 Å². The fourth-order valence-electron chi connectivity index (χ4n) is 3.40. The van der Waals surface area contributed by atoms with E-state index in [1.807, 2.05) is 0 Å². The van der Waals surface area contributed by atoms with Gasteiger partial charge in [0.25, 0.3) is 5.91 Å². The highest BCUT2D eigenvalue weighted by atomic mass is 35.5. The number of anilines is 1. The Kier molecular flexibility index (Phi) is 5.09. The second-order valence-electron chi connectivity index (χ2n) is 6.64. The van der Waals surface area contributed by atoms with Gasteiger partial charge in [0.15, 0.2) is 5.76 Å². The molecule has 5 nitrogen and oxygen atoms in total. The largest absolute Gasteiger partial charge is 0.502 e. The zero-order valence-electron chi connectivity index (χ0n) is 15.4. The molecule has 3 aromatic carbocycles. The highest BCUT2D eigenvalue weighted by molar-refractivity contribution is 7.95. The molecular weight excluding hydrogens is 429 g/mol. The maximum absolute atomic E-state index is 13.5. The molecule has 0 fully saturated rings. The number of halogens is 2. The van der Waals surface area contributed by atoms with Crippen LogP contribution in [0.2, 0.25) is 5.02 Å². The van der Waals surface area contributed by atoms with Crippen LogP contribution < -0.4 is 4.90 Å². The molecule has 0 saturated heterocycles. The molecule has 0 aliphatic carbocycles. The molecule has 0 aromatic heterocycles. The third kappa shape index (κ3) is 3.36. The van der Waals surface area contributed by atoms with Crippen molar-refractivity contribution in [1.82, 2.24) is 0 Å². The first-order chi connectivity index (χ1) is 14.3. The Morgan fingerprint density at radius 2 is 1.50 bits per heavy atom. The lowest BCUT2D eigenvalue weighted by atomic mass is 10.1. The van der Waals surface area contributed by atoms with Crippen LogP contribution >= 0.6 is 11.6 Å². The van der Waals surface area contributed by atoms with Crippen LogP contribution in [0.1, 0.15) is 11.6 Å². The van der Waals surface area contributed by atoms with Crippen LogP contribution in [0.5, 0.6) is 0 Å². The van der Waals surface area contributed by atoms with Crippen LogP contribution in [0, 0.1) is 5.82 Å². The number of aliphatic hydroxyl groups is 1. The molecule has 1 N–H and O–H groups in total. The normalized spacial score (nSPS) is 16.9. The summed E-state index contributed by atoms with van der Waals surface area (Å²) < 4.78 is 40.3. The van der Waals surface area contributed by atoms with Crippen LogP contribution in [-0.2, 0) is 14.6 Å². The van der Waals surface area contributed by atoms with Crippen molar-refractivity contribution in [3.63, 3.8) is 0 Å². The Labute approximate surface area is 177 Å². The van der Waals surface area contributed by atoms with E-state index in [1.54, 1.807) is 42.5 Å². The van der Waals surface area contributed by atoms with E-state index in [0.717, 1.165) is 4.90 Å². The molecule has 8 heteroatoms. The minimum atomic E-state index is -4.23. The van der Waals surface area contributed by atoms with Crippen LogP contribution in [-0.4, -0.2) is 19.4 Å². The average Bonchev–Trinajstić information content (AvgIpc) is 3.01. The highest BCUT2D eigenvalue weighted by Crippen LogP contribution is 2.44. The van der Waals surface area contributed by atoms with Gasteiger partial charge in [-0.2, -0.15) is 0 Å². The Morgan fingerprint density at radius 3 is 2.10 bits per heavy atom. The molecule has 30 heavy (non-hydrogen) atoms. The predicted octanol–water partition coefficient (Wildman–Crippen LogP) is 4.81. The van der Waals surface area contributed by atoms with E-state index in [4.69, 9.17) is 11.6 Å². The first kappa shape index (κ1) is 20.1. The smallest absolute Gasteiger partial charge is 0.295 e. The van der Waals surface area contributed by atoms with Crippen LogP contribution in [0.3, 0.4) is 0 Å². The summed E-state index contributed by atoms with van der Waals surface area (Å²) in [5.74, 6) is -2.26. The molecule has 3 aromatic rings. The first-order valence-electron chi connectivity index (χ1n) is 8.88. The maximum Gasteiger partial charge on any atom is 0.295 e. The van der Waals surface area contributed by atoms with Crippen molar-refractivity contribution < 1.29 is 22.7 Å². The van der Waals surface area contributed by atoms with E-state index in [-0.39, 0.29) is 4.90 Å². The molecule has 1 atom stereocenters. The third-order valence-corrected chi connectivity index (χ3v) is 6.94. The van der Waals surface area contributed by atoms with E-state index in [0.29, 0.717) is 16.3 Å².